The van der Waals surface area contributed by atoms with Gasteiger partial charge >= 0.3 is 0 Å². The lowest BCUT2D eigenvalue weighted by Gasteiger charge is -2.16. The van der Waals surface area contributed by atoms with E-state index in [0.29, 0.717) is 5.76 Å². The highest BCUT2D eigenvalue weighted by Crippen LogP contribution is 2.30. The van der Waals surface area contributed by atoms with E-state index in [4.69, 9.17) is 4.42 Å². The van der Waals surface area contributed by atoms with Crippen molar-refractivity contribution in [1.29, 1.82) is 0 Å². The first-order valence-electron chi connectivity index (χ1n) is 7.33. The number of hydrogen-bond acceptors (Lipinski definition) is 2. The molecule has 3 heteroatoms. The number of hydrogen-bond donors (Lipinski definition) is 0. The van der Waals surface area contributed by atoms with E-state index in [1.165, 1.54) is 0 Å². The number of carbonyl (C=O) groups is 1. The summed E-state index contributed by atoms with van der Waals surface area (Å²) in [7, 11) is 1.77. The monoisotopic (exact) mass is 293 g/mol. The molecule has 0 aliphatic carbocycles. The molecular weight excluding hydrogens is 274 g/mol. The number of anilines is 1. The second kappa shape index (κ2) is 5.34. The molecule has 0 aliphatic heterocycles. The predicted molar refractivity (Wildman–Crippen MR) is 89.6 cm³/mol. The van der Waals surface area contributed by atoms with E-state index in [2.05, 4.69) is 6.07 Å². The number of furan rings is 1. The Kier molecular flexibility index (Phi) is 3.49. The molecule has 3 rings (SSSR count). The van der Waals surface area contributed by atoms with Crippen LogP contribution in [-0.4, -0.2) is 13.0 Å². The van der Waals surface area contributed by atoms with E-state index < -0.39 is 0 Å². The summed E-state index contributed by atoms with van der Waals surface area (Å²) in [5, 5.41) is 1.01. The third kappa shape index (κ3) is 2.19. The quantitative estimate of drug-likeness (QED) is 0.690. The number of rotatable bonds is 2. The van der Waals surface area contributed by atoms with Gasteiger partial charge in [0.25, 0.3) is 5.91 Å². The van der Waals surface area contributed by atoms with E-state index >= 15 is 0 Å². The van der Waals surface area contributed by atoms with Gasteiger partial charge in [0.2, 0.25) is 0 Å². The first-order valence-corrected chi connectivity index (χ1v) is 7.33. The highest BCUT2D eigenvalue weighted by molar-refractivity contribution is 6.07. The number of nitrogens with zero attached hydrogens (tertiary/aromatic N) is 1. The maximum Gasteiger partial charge on any atom is 0.294 e. The van der Waals surface area contributed by atoms with Crippen LogP contribution in [0.2, 0.25) is 0 Å². The fourth-order valence-corrected chi connectivity index (χ4v) is 2.64. The number of para-hydroxylation sites is 1. The predicted octanol–water partition coefficient (Wildman–Crippen LogP) is 4.63. The van der Waals surface area contributed by atoms with Crippen molar-refractivity contribution in [2.75, 3.05) is 11.9 Å². The summed E-state index contributed by atoms with van der Waals surface area (Å²) in [5.41, 5.74) is 4.80. The summed E-state index contributed by atoms with van der Waals surface area (Å²) < 4.78 is 5.92. The minimum Gasteiger partial charge on any atom is -0.450 e. The van der Waals surface area contributed by atoms with Crippen LogP contribution in [0.5, 0.6) is 0 Å². The van der Waals surface area contributed by atoms with E-state index in [1.807, 2.05) is 57.2 Å². The molecule has 112 valence electrons. The van der Waals surface area contributed by atoms with Gasteiger partial charge in [0.05, 0.1) is 0 Å². The summed E-state index contributed by atoms with van der Waals surface area (Å²) in [6.45, 7) is 6.01. The van der Waals surface area contributed by atoms with Crippen molar-refractivity contribution in [2.24, 2.45) is 0 Å². The van der Waals surface area contributed by atoms with E-state index in [-0.39, 0.29) is 5.91 Å². The zero-order chi connectivity index (χ0) is 15.9. The smallest absolute Gasteiger partial charge is 0.294 e. The average Bonchev–Trinajstić information content (AvgIpc) is 2.88. The van der Waals surface area contributed by atoms with Gasteiger partial charge in [-0.15, -0.1) is 0 Å². The summed E-state index contributed by atoms with van der Waals surface area (Å²) in [6, 6.07) is 13.7. The molecule has 1 heterocycles. The van der Waals surface area contributed by atoms with Gasteiger partial charge in [0.1, 0.15) is 5.58 Å². The lowest BCUT2D eigenvalue weighted by molar-refractivity contribution is 0.0967. The highest BCUT2D eigenvalue weighted by atomic mass is 16.3. The Morgan fingerprint density at radius 2 is 1.64 bits per heavy atom. The molecule has 22 heavy (non-hydrogen) atoms. The molecule has 0 bridgehead atoms. The Morgan fingerprint density at radius 1 is 0.955 bits per heavy atom. The molecule has 0 radical (unpaired) electrons. The number of aryl methyl sites for hydroxylation is 3. The van der Waals surface area contributed by atoms with E-state index in [9.17, 15) is 4.79 Å². The second-order valence-electron chi connectivity index (χ2n) is 5.64. The topological polar surface area (TPSA) is 33.5 Å². The molecule has 0 spiro atoms. The Bertz CT molecular complexity index is 847. The van der Waals surface area contributed by atoms with Crippen LogP contribution in [0.1, 0.15) is 27.2 Å². The molecule has 1 amide bonds. The minimum absolute atomic E-state index is 0.128. The van der Waals surface area contributed by atoms with Crippen LogP contribution in [-0.2, 0) is 0 Å². The van der Waals surface area contributed by atoms with Crippen molar-refractivity contribution in [1.82, 2.24) is 0 Å². The molecule has 0 aliphatic rings. The van der Waals surface area contributed by atoms with Gasteiger partial charge in [-0.1, -0.05) is 30.3 Å². The lowest BCUT2D eigenvalue weighted by Crippen LogP contribution is -2.26. The minimum atomic E-state index is -0.128. The molecule has 0 atom stereocenters. The van der Waals surface area contributed by atoms with Crippen molar-refractivity contribution in [2.45, 2.75) is 20.8 Å². The fraction of sp³-hybridized carbons (Fsp3) is 0.211. The fourth-order valence-electron chi connectivity index (χ4n) is 2.64. The van der Waals surface area contributed by atoms with Gasteiger partial charge in [-0.25, -0.2) is 0 Å². The molecule has 0 N–H and O–H groups in total. The Morgan fingerprint density at radius 3 is 2.32 bits per heavy atom. The van der Waals surface area contributed by atoms with Gasteiger partial charge in [-0.05, 0) is 44.0 Å². The first kappa shape index (κ1) is 14.4. The Hall–Kier alpha value is -2.55. The van der Waals surface area contributed by atoms with Crippen molar-refractivity contribution in [3.8, 4) is 0 Å². The standard InChI is InChI=1S/C19H19NO2/c1-12-10-11-16-14(3)18(22-17(16)13(12)2)19(21)20(4)15-8-6-5-7-9-15/h5-11H,1-4H3. The third-order valence-electron chi connectivity index (χ3n) is 4.27. The largest absolute Gasteiger partial charge is 0.450 e. The van der Waals surface area contributed by atoms with Crippen LogP contribution in [0.4, 0.5) is 5.69 Å². The second-order valence-corrected chi connectivity index (χ2v) is 5.64. The molecule has 1 aromatic heterocycles. The molecule has 0 fully saturated rings. The number of amides is 1. The van der Waals surface area contributed by atoms with Crippen LogP contribution >= 0.6 is 0 Å². The van der Waals surface area contributed by atoms with Crippen LogP contribution in [0, 0.1) is 20.8 Å². The van der Waals surface area contributed by atoms with Crippen molar-refractivity contribution >= 4 is 22.6 Å². The molecule has 0 unspecified atom stereocenters. The zero-order valence-electron chi connectivity index (χ0n) is 13.3. The Balaban J connectivity index is 2.09. The molecule has 0 saturated heterocycles. The van der Waals surface area contributed by atoms with Gasteiger partial charge in [0, 0.05) is 23.7 Å². The maximum absolute atomic E-state index is 12.8. The summed E-state index contributed by atoms with van der Waals surface area (Å²) in [4.78, 5) is 14.4. The normalized spacial score (nSPS) is 10.9. The van der Waals surface area contributed by atoms with Crippen molar-refractivity contribution < 1.29 is 9.21 Å². The highest BCUT2D eigenvalue weighted by Gasteiger charge is 2.22. The maximum atomic E-state index is 12.8. The van der Waals surface area contributed by atoms with Crippen LogP contribution in [0.25, 0.3) is 11.0 Å². The van der Waals surface area contributed by atoms with Gasteiger partial charge < -0.3 is 9.32 Å². The first-order chi connectivity index (χ1) is 10.5. The summed E-state index contributed by atoms with van der Waals surface area (Å²) >= 11 is 0. The van der Waals surface area contributed by atoms with Crippen LogP contribution < -0.4 is 4.90 Å². The molecule has 3 aromatic rings. The number of fused-ring (bicyclic) bond motifs is 1. The van der Waals surface area contributed by atoms with Gasteiger partial charge in [-0.3, -0.25) is 4.79 Å². The molecule has 0 saturated carbocycles. The zero-order valence-corrected chi connectivity index (χ0v) is 13.3. The van der Waals surface area contributed by atoms with E-state index in [1.54, 1.807) is 11.9 Å². The molecule has 2 aromatic carbocycles. The summed E-state index contributed by atoms with van der Waals surface area (Å²) in [5.74, 6) is 0.284. The SMILES string of the molecule is Cc1ccc2c(C)c(C(=O)N(C)c3ccccc3)oc2c1C. The number of carbonyl (C=O) groups excluding carboxylic acids is 1. The van der Waals surface area contributed by atoms with Crippen molar-refractivity contribution in [3.05, 3.63) is 64.9 Å². The average molecular weight is 293 g/mol. The third-order valence-corrected chi connectivity index (χ3v) is 4.27. The van der Waals surface area contributed by atoms with Gasteiger partial charge in [0.15, 0.2) is 5.76 Å². The number of benzene rings is 2. The van der Waals surface area contributed by atoms with E-state index in [0.717, 1.165) is 33.3 Å². The van der Waals surface area contributed by atoms with Crippen molar-refractivity contribution in [3.63, 3.8) is 0 Å². The molecule has 3 nitrogen and oxygen atoms in total. The van der Waals surface area contributed by atoms with Crippen LogP contribution in [0.3, 0.4) is 0 Å². The Labute approximate surface area is 130 Å². The lowest BCUT2D eigenvalue weighted by atomic mass is 10.0. The van der Waals surface area contributed by atoms with Gasteiger partial charge in [-0.2, -0.15) is 0 Å². The molecular formula is C19H19NO2. The summed E-state index contributed by atoms with van der Waals surface area (Å²) in [6.07, 6.45) is 0. The van der Waals surface area contributed by atoms with Crippen LogP contribution in [0.15, 0.2) is 46.9 Å².